The highest BCUT2D eigenvalue weighted by Crippen LogP contribution is 2.32. The molecule has 176 valence electrons. The summed E-state index contributed by atoms with van der Waals surface area (Å²) in [6, 6.07) is 4.75. The monoisotopic (exact) mass is 465 g/mol. The molecule has 0 spiro atoms. The topological polar surface area (TPSA) is 152 Å². The van der Waals surface area contributed by atoms with E-state index in [1.807, 2.05) is 6.92 Å². The lowest BCUT2D eigenvalue weighted by atomic mass is 9.87. The number of benzene rings is 1. The summed E-state index contributed by atoms with van der Waals surface area (Å²) in [6.45, 7) is 3.66. The predicted octanol–water partition coefficient (Wildman–Crippen LogP) is 1.42. The van der Waals surface area contributed by atoms with E-state index in [1.165, 1.54) is 6.07 Å². The third-order valence-corrected chi connectivity index (χ3v) is 6.65. The number of amidine groups is 1. The predicted molar refractivity (Wildman–Crippen MR) is 122 cm³/mol. The number of ether oxygens (including phenoxy) is 1. The first-order chi connectivity index (χ1) is 15.2. The molecular formula is C21H31N5O5S. The Hall–Kier alpha value is -2.82. The van der Waals surface area contributed by atoms with Crippen molar-refractivity contribution in [3.63, 3.8) is 0 Å². The van der Waals surface area contributed by atoms with E-state index in [0.29, 0.717) is 6.54 Å². The van der Waals surface area contributed by atoms with Gasteiger partial charge in [-0.05, 0) is 38.3 Å². The Labute approximate surface area is 188 Å². The van der Waals surface area contributed by atoms with E-state index in [-0.39, 0.29) is 35.5 Å². The molecule has 32 heavy (non-hydrogen) atoms. The van der Waals surface area contributed by atoms with Crippen LogP contribution in [-0.4, -0.2) is 45.3 Å². The van der Waals surface area contributed by atoms with Crippen LogP contribution in [0, 0.1) is 5.41 Å². The number of amides is 2. The van der Waals surface area contributed by atoms with Crippen LogP contribution >= 0.6 is 0 Å². The molecule has 10 nitrogen and oxygen atoms in total. The van der Waals surface area contributed by atoms with Gasteiger partial charge < -0.3 is 21.1 Å². The van der Waals surface area contributed by atoms with E-state index in [2.05, 4.69) is 19.8 Å². The lowest BCUT2D eigenvalue weighted by molar-refractivity contribution is -0.145. The van der Waals surface area contributed by atoms with Gasteiger partial charge in [0.05, 0.1) is 11.3 Å². The van der Waals surface area contributed by atoms with Gasteiger partial charge in [0.15, 0.2) is 11.3 Å². The van der Waals surface area contributed by atoms with Gasteiger partial charge in [0, 0.05) is 12.6 Å². The van der Waals surface area contributed by atoms with Gasteiger partial charge in [-0.15, -0.1) is 4.40 Å². The van der Waals surface area contributed by atoms with Crippen LogP contribution in [0.2, 0.25) is 0 Å². The van der Waals surface area contributed by atoms with E-state index in [1.54, 1.807) is 19.1 Å². The zero-order valence-corrected chi connectivity index (χ0v) is 19.3. The van der Waals surface area contributed by atoms with Crippen LogP contribution < -0.4 is 25.8 Å². The van der Waals surface area contributed by atoms with Crippen molar-refractivity contribution >= 4 is 33.5 Å². The Balaban J connectivity index is 1.83. The molecule has 1 aliphatic carbocycles. The Morgan fingerprint density at radius 2 is 1.97 bits per heavy atom. The molecule has 0 aromatic heterocycles. The number of nitrogens with one attached hydrogen (secondary N) is 3. The SMILES string of the molecule is CCCNC(=O)C(C)(COc1cccc2c1C(N)=NS(=O)(=O)N2)C(=O)NC1CCCCC1. The van der Waals surface area contributed by atoms with Crippen LogP contribution in [0.3, 0.4) is 0 Å². The van der Waals surface area contributed by atoms with Crippen molar-refractivity contribution < 1.29 is 22.7 Å². The first-order valence-electron chi connectivity index (χ1n) is 10.9. The molecule has 0 radical (unpaired) electrons. The summed E-state index contributed by atoms with van der Waals surface area (Å²) in [4.78, 5) is 26.2. The smallest absolute Gasteiger partial charge is 0.344 e. The molecule has 1 aromatic carbocycles. The molecule has 1 aliphatic heterocycles. The average Bonchev–Trinajstić information content (AvgIpc) is 2.75. The summed E-state index contributed by atoms with van der Waals surface area (Å²) in [7, 11) is -3.93. The number of carbonyl (C=O) groups is 2. The minimum Gasteiger partial charge on any atom is -0.491 e. The first-order valence-corrected chi connectivity index (χ1v) is 12.3. The van der Waals surface area contributed by atoms with Gasteiger partial charge in [-0.3, -0.25) is 14.3 Å². The molecule has 1 saturated carbocycles. The van der Waals surface area contributed by atoms with E-state index >= 15 is 0 Å². The maximum Gasteiger partial charge on any atom is 0.344 e. The fraction of sp³-hybridized carbons (Fsp3) is 0.571. The summed E-state index contributed by atoms with van der Waals surface area (Å²) >= 11 is 0. The van der Waals surface area contributed by atoms with Gasteiger partial charge in [0.1, 0.15) is 12.4 Å². The van der Waals surface area contributed by atoms with E-state index in [0.717, 1.165) is 38.5 Å². The first kappa shape index (κ1) is 23.8. The maximum atomic E-state index is 13.2. The second-order valence-electron chi connectivity index (χ2n) is 8.42. The molecule has 0 saturated heterocycles. The van der Waals surface area contributed by atoms with E-state index < -0.39 is 27.4 Å². The molecule has 11 heteroatoms. The number of nitrogens with zero attached hydrogens (tertiary/aromatic N) is 1. The normalized spacial score (nSPS) is 19.5. The van der Waals surface area contributed by atoms with Crippen molar-refractivity contribution in [2.75, 3.05) is 17.9 Å². The Bertz CT molecular complexity index is 1000. The molecule has 2 amide bonds. The van der Waals surface area contributed by atoms with Gasteiger partial charge in [-0.2, -0.15) is 8.42 Å². The van der Waals surface area contributed by atoms with Crippen molar-refractivity contribution in [2.45, 2.75) is 58.4 Å². The lowest BCUT2D eigenvalue weighted by Crippen LogP contribution is -2.55. The average molecular weight is 466 g/mol. The van der Waals surface area contributed by atoms with Gasteiger partial charge in [0.2, 0.25) is 11.8 Å². The number of carbonyl (C=O) groups excluding carboxylic acids is 2. The molecule has 1 fully saturated rings. The third kappa shape index (κ3) is 5.32. The quantitative estimate of drug-likeness (QED) is 0.426. The zero-order chi connectivity index (χ0) is 23.4. The number of fused-ring (bicyclic) bond motifs is 1. The second kappa shape index (κ2) is 9.76. The van der Waals surface area contributed by atoms with E-state index in [4.69, 9.17) is 10.5 Å². The lowest BCUT2D eigenvalue weighted by Gasteiger charge is -2.31. The van der Waals surface area contributed by atoms with Crippen LogP contribution in [0.15, 0.2) is 22.6 Å². The zero-order valence-electron chi connectivity index (χ0n) is 18.4. The van der Waals surface area contributed by atoms with Crippen molar-refractivity contribution in [3.8, 4) is 5.75 Å². The van der Waals surface area contributed by atoms with Crippen LogP contribution in [0.1, 0.15) is 57.9 Å². The van der Waals surface area contributed by atoms with Crippen molar-refractivity contribution in [2.24, 2.45) is 15.5 Å². The van der Waals surface area contributed by atoms with Crippen LogP contribution in [0.4, 0.5) is 5.69 Å². The number of nitrogens with two attached hydrogens (primary N) is 1. The maximum absolute atomic E-state index is 13.2. The molecular weight excluding hydrogens is 434 g/mol. The van der Waals surface area contributed by atoms with Crippen molar-refractivity contribution in [1.82, 2.24) is 10.6 Å². The van der Waals surface area contributed by atoms with E-state index in [9.17, 15) is 18.0 Å². The summed E-state index contributed by atoms with van der Waals surface area (Å²) in [5.74, 6) is -0.825. The Kier molecular flexibility index (Phi) is 7.27. The molecule has 1 atom stereocenters. The summed E-state index contributed by atoms with van der Waals surface area (Å²) in [6.07, 6.45) is 5.74. The molecule has 1 heterocycles. The number of hydrogen-bond acceptors (Lipinski definition) is 6. The number of rotatable bonds is 8. The van der Waals surface area contributed by atoms with Gasteiger partial charge >= 0.3 is 10.2 Å². The van der Waals surface area contributed by atoms with Crippen LogP contribution in [0.25, 0.3) is 0 Å². The van der Waals surface area contributed by atoms with Gasteiger partial charge in [-0.25, -0.2) is 0 Å². The molecule has 1 aromatic rings. The highest BCUT2D eigenvalue weighted by atomic mass is 32.2. The second-order valence-corrected chi connectivity index (χ2v) is 9.75. The third-order valence-electron chi connectivity index (χ3n) is 5.73. The molecule has 0 bridgehead atoms. The minimum atomic E-state index is -3.93. The van der Waals surface area contributed by atoms with Crippen molar-refractivity contribution in [1.29, 1.82) is 0 Å². The standard InChI is InChI=1S/C21H31N5O5S/c1-3-12-23-19(27)21(2,20(28)24-14-8-5-4-6-9-14)13-31-16-11-7-10-15-17(16)18(22)26-32(29,30)25-15/h7,10-11,14,25H,3-6,8-9,12-13H2,1-2H3,(H2,22,26)(H,23,27)(H,24,28). The van der Waals surface area contributed by atoms with Crippen LogP contribution in [-0.2, 0) is 19.8 Å². The largest absolute Gasteiger partial charge is 0.491 e. The summed E-state index contributed by atoms with van der Waals surface area (Å²) in [5, 5.41) is 5.80. The highest BCUT2D eigenvalue weighted by Gasteiger charge is 2.43. The number of hydrogen-bond donors (Lipinski definition) is 4. The molecule has 5 N–H and O–H groups in total. The minimum absolute atomic E-state index is 0.0382. The van der Waals surface area contributed by atoms with Gasteiger partial charge in [0.25, 0.3) is 0 Å². The molecule has 2 aliphatic rings. The van der Waals surface area contributed by atoms with Gasteiger partial charge in [-0.1, -0.05) is 32.3 Å². The fourth-order valence-electron chi connectivity index (χ4n) is 3.82. The molecule has 1 unspecified atom stereocenters. The Morgan fingerprint density at radius 1 is 1.25 bits per heavy atom. The number of anilines is 1. The summed E-state index contributed by atoms with van der Waals surface area (Å²) in [5.41, 5.74) is 4.86. The fourth-order valence-corrected chi connectivity index (χ4v) is 4.66. The Morgan fingerprint density at radius 3 is 2.66 bits per heavy atom. The highest BCUT2D eigenvalue weighted by molar-refractivity contribution is 7.91. The summed E-state index contributed by atoms with van der Waals surface area (Å²) < 4.78 is 35.3. The van der Waals surface area contributed by atoms with Crippen LogP contribution in [0.5, 0.6) is 5.75 Å². The molecule has 3 rings (SSSR count). The van der Waals surface area contributed by atoms with Crippen molar-refractivity contribution in [3.05, 3.63) is 23.8 Å².